The molecule has 0 radical (unpaired) electrons. The van der Waals surface area contributed by atoms with Crippen LogP contribution >= 0.6 is 0 Å². The van der Waals surface area contributed by atoms with Crippen LogP contribution in [-0.4, -0.2) is 26.5 Å². The van der Waals surface area contributed by atoms with E-state index in [-0.39, 0.29) is 11.9 Å². The van der Waals surface area contributed by atoms with Gasteiger partial charge < -0.3 is 14.0 Å². The summed E-state index contributed by atoms with van der Waals surface area (Å²) in [6.45, 7) is 0.831. The topological polar surface area (TPSA) is 30.2 Å². The minimum atomic E-state index is 0.157. The maximum absolute atomic E-state index is 13.5. The van der Waals surface area contributed by atoms with Gasteiger partial charge in [0.25, 0.3) is 5.91 Å². The second-order valence-corrected chi connectivity index (χ2v) is 7.08. The molecule has 4 heteroatoms. The van der Waals surface area contributed by atoms with Gasteiger partial charge in [-0.2, -0.15) is 0 Å². The molecule has 1 aliphatic rings. The Morgan fingerprint density at radius 2 is 1.84 bits per heavy atom. The predicted molar refractivity (Wildman–Crippen MR) is 101 cm³/mol. The summed E-state index contributed by atoms with van der Waals surface area (Å²) in [4.78, 5) is 15.6. The molecule has 4 rings (SSSR count). The monoisotopic (exact) mass is 335 g/mol. The van der Waals surface area contributed by atoms with E-state index in [1.807, 2.05) is 25.4 Å². The maximum atomic E-state index is 13.5. The zero-order valence-corrected chi connectivity index (χ0v) is 15.0. The fourth-order valence-electron chi connectivity index (χ4n) is 4.15. The third-order valence-electron chi connectivity index (χ3n) is 5.47. The third kappa shape index (κ3) is 2.76. The standard InChI is InChI=1S/C21H25N3O/c1-22-13-8-12-19(22)20-11-4-3-7-14-24(20)21(25)17-15-23(2)18-10-6-5-9-16(17)18/h5-6,8-10,12-13,15,20H,3-4,7,11,14H2,1-2H3. The fraction of sp³-hybridized carbons (Fsp3) is 0.381. The quantitative estimate of drug-likeness (QED) is 0.688. The first-order valence-electron chi connectivity index (χ1n) is 9.13. The number of aryl methyl sites for hydroxylation is 2. The van der Waals surface area contributed by atoms with Crippen LogP contribution in [0.3, 0.4) is 0 Å². The van der Waals surface area contributed by atoms with Crippen molar-refractivity contribution < 1.29 is 4.79 Å². The van der Waals surface area contributed by atoms with Gasteiger partial charge in [-0.3, -0.25) is 4.79 Å². The number of nitrogens with zero attached hydrogens (tertiary/aromatic N) is 3. The Kier molecular flexibility index (Phi) is 4.12. The minimum absolute atomic E-state index is 0.157. The van der Waals surface area contributed by atoms with Gasteiger partial charge in [0.15, 0.2) is 0 Å². The Labute approximate surface area is 148 Å². The summed E-state index contributed by atoms with van der Waals surface area (Å²) >= 11 is 0. The molecule has 1 saturated heterocycles. The van der Waals surface area contributed by atoms with Crippen LogP contribution in [0, 0.1) is 0 Å². The van der Waals surface area contributed by atoms with Crippen LogP contribution < -0.4 is 0 Å². The Morgan fingerprint density at radius 3 is 2.64 bits per heavy atom. The molecule has 4 nitrogen and oxygen atoms in total. The fourth-order valence-corrected chi connectivity index (χ4v) is 4.15. The number of para-hydroxylation sites is 1. The van der Waals surface area contributed by atoms with Gasteiger partial charge in [0, 0.05) is 49.6 Å². The van der Waals surface area contributed by atoms with Crippen molar-refractivity contribution in [2.24, 2.45) is 14.1 Å². The molecule has 1 aliphatic heterocycles. The summed E-state index contributed by atoms with van der Waals surface area (Å²) in [6.07, 6.45) is 8.54. The van der Waals surface area contributed by atoms with Crippen molar-refractivity contribution in [2.75, 3.05) is 6.54 Å². The van der Waals surface area contributed by atoms with Gasteiger partial charge in [0.2, 0.25) is 0 Å². The third-order valence-corrected chi connectivity index (χ3v) is 5.47. The lowest BCUT2D eigenvalue weighted by Gasteiger charge is -2.30. The zero-order valence-electron chi connectivity index (χ0n) is 15.0. The molecule has 0 bridgehead atoms. The summed E-state index contributed by atoms with van der Waals surface area (Å²) in [5.41, 5.74) is 3.16. The van der Waals surface area contributed by atoms with Crippen LogP contribution in [0.2, 0.25) is 0 Å². The highest BCUT2D eigenvalue weighted by Crippen LogP contribution is 2.33. The first-order chi connectivity index (χ1) is 12.2. The van der Waals surface area contributed by atoms with Crippen LogP contribution in [0.4, 0.5) is 0 Å². The van der Waals surface area contributed by atoms with E-state index >= 15 is 0 Å². The van der Waals surface area contributed by atoms with E-state index in [4.69, 9.17) is 0 Å². The molecule has 0 saturated carbocycles. The summed E-state index contributed by atoms with van der Waals surface area (Å²) < 4.78 is 4.21. The van der Waals surface area contributed by atoms with Crippen LogP contribution in [-0.2, 0) is 14.1 Å². The van der Waals surface area contributed by atoms with E-state index in [1.54, 1.807) is 0 Å². The van der Waals surface area contributed by atoms with E-state index in [2.05, 4.69) is 51.5 Å². The summed E-state index contributed by atoms with van der Waals surface area (Å²) in [7, 11) is 4.08. The van der Waals surface area contributed by atoms with Crippen molar-refractivity contribution >= 4 is 16.8 Å². The molecule has 1 unspecified atom stereocenters. The summed E-state index contributed by atoms with van der Waals surface area (Å²) in [5, 5.41) is 1.05. The number of rotatable bonds is 2. The number of fused-ring (bicyclic) bond motifs is 1. The minimum Gasteiger partial charge on any atom is -0.353 e. The van der Waals surface area contributed by atoms with Crippen molar-refractivity contribution in [3.8, 4) is 0 Å². The average Bonchev–Trinajstić information content (AvgIpc) is 3.09. The highest BCUT2D eigenvalue weighted by Gasteiger charge is 2.30. The van der Waals surface area contributed by atoms with Crippen molar-refractivity contribution in [1.29, 1.82) is 0 Å². The predicted octanol–water partition coefficient (Wildman–Crippen LogP) is 4.27. The molecular weight excluding hydrogens is 310 g/mol. The molecule has 0 aliphatic carbocycles. The second kappa shape index (κ2) is 6.43. The van der Waals surface area contributed by atoms with Crippen LogP contribution in [0.5, 0.6) is 0 Å². The van der Waals surface area contributed by atoms with E-state index in [1.165, 1.54) is 18.5 Å². The summed E-state index contributed by atoms with van der Waals surface area (Å²) in [6, 6.07) is 12.5. The second-order valence-electron chi connectivity index (χ2n) is 7.08. The molecule has 3 aromatic rings. The highest BCUT2D eigenvalue weighted by molar-refractivity contribution is 6.07. The van der Waals surface area contributed by atoms with E-state index in [9.17, 15) is 4.79 Å². The zero-order chi connectivity index (χ0) is 17.4. The number of carbonyl (C=O) groups excluding carboxylic acids is 1. The number of amides is 1. The lowest BCUT2D eigenvalue weighted by molar-refractivity contribution is 0.0676. The Balaban J connectivity index is 1.76. The first-order valence-corrected chi connectivity index (χ1v) is 9.13. The highest BCUT2D eigenvalue weighted by atomic mass is 16.2. The molecule has 0 spiro atoms. The van der Waals surface area contributed by atoms with Gasteiger partial charge in [-0.15, -0.1) is 0 Å². The van der Waals surface area contributed by atoms with Gasteiger partial charge in [0.1, 0.15) is 0 Å². The molecule has 3 heterocycles. The molecule has 1 atom stereocenters. The largest absolute Gasteiger partial charge is 0.353 e. The molecule has 25 heavy (non-hydrogen) atoms. The molecule has 1 fully saturated rings. The Morgan fingerprint density at radius 1 is 1.00 bits per heavy atom. The number of hydrogen-bond donors (Lipinski definition) is 0. The van der Waals surface area contributed by atoms with E-state index in [0.717, 1.165) is 35.9 Å². The molecule has 130 valence electrons. The molecule has 1 aromatic carbocycles. The number of likely N-dealkylation sites (tertiary alicyclic amines) is 1. The lowest BCUT2D eigenvalue weighted by Crippen LogP contribution is -2.35. The van der Waals surface area contributed by atoms with Gasteiger partial charge >= 0.3 is 0 Å². The molecule has 0 N–H and O–H groups in total. The number of hydrogen-bond acceptors (Lipinski definition) is 1. The van der Waals surface area contributed by atoms with E-state index in [0.29, 0.717) is 0 Å². The van der Waals surface area contributed by atoms with Crippen LogP contribution in [0.1, 0.15) is 47.8 Å². The SMILES string of the molecule is Cn1cccc1C1CCCCCN1C(=O)c1cn(C)c2ccccc12. The van der Waals surface area contributed by atoms with Crippen LogP contribution in [0.15, 0.2) is 48.8 Å². The number of aromatic nitrogens is 2. The molecular formula is C21H25N3O. The van der Waals surface area contributed by atoms with Crippen molar-refractivity contribution in [1.82, 2.24) is 14.0 Å². The number of carbonyl (C=O) groups is 1. The van der Waals surface area contributed by atoms with E-state index < -0.39 is 0 Å². The van der Waals surface area contributed by atoms with Gasteiger partial charge in [-0.1, -0.05) is 31.0 Å². The van der Waals surface area contributed by atoms with Crippen molar-refractivity contribution in [3.63, 3.8) is 0 Å². The van der Waals surface area contributed by atoms with Crippen molar-refractivity contribution in [2.45, 2.75) is 31.7 Å². The lowest BCUT2D eigenvalue weighted by atomic mass is 10.0. The number of benzene rings is 1. The Hall–Kier alpha value is -2.49. The summed E-state index contributed by atoms with van der Waals surface area (Å²) in [5.74, 6) is 0.157. The average molecular weight is 335 g/mol. The molecule has 1 amide bonds. The van der Waals surface area contributed by atoms with Gasteiger partial charge in [-0.25, -0.2) is 0 Å². The van der Waals surface area contributed by atoms with Gasteiger partial charge in [-0.05, 0) is 31.0 Å². The van der Waals surface area contributed by atoms with Crippen molar-refractivity contribution in [3.05, 3.63) is 60.0 Å². The maximum Gasteiger partial charge on any atom is 0.256 e. The Bertz CT molecular complexity index is 905. The first kappa shape index (κ1) is 16.0. The normalized spacial score (nSPS) is 18.5. The van der Waals surface area contributed by atoms with Crippen LogP contribution in [0.25, 0.3) is 10.9 Å². The molecule has 2 aromatic heterocycles. The van der Waals surface area contributed by atoms with Gasteiger partial charge in [0.05, 0.1) is 11.6 Å². The smallest absolute Gasteiger partial charge is 0.256 e.